The predicted molar refractivity (Wildman–Crippen MR) is 86.2 cm³/mol. The lowest BCUT2D eigenvalue weighted by Crippen LogP contribution is -2.21. The molecule has 1 atom stereocenters. The maximum Gasteiger partial charge on any atom is 0.248 e. The molecule has 7 heteroatoms. The highest BCUT2D eigenvalue weighted by atomic mass is 32.1. The summed E-state index contributed by atoms with van der Waals surface area (Å²) in [6, 6.07) is 3.23. The van der Waals surface area contributed by atoms with Crippen LogP contribution < -0.4 is 14.8 Å². The van der Waals surface area contributed by atoms with E-state index in [9.17, 15) is 4.79 Å². The van der Waals surface area contributed by atoms with E-state index in [1.807, 2.05) is 19.9 Å². The van der Waals surface area contributed by atoms with Crippen molar-refractivity contribution >= 4 is 34.8 Å². The van der Waals surface area contributed by atoms with Crippen molar-refractivity contribution in [3.8, 4) is 11.5 Å². The monoisotopic (exact) mass is 319 g/mol. The fourth-order valence-electron chi connectivity index (χ4n) is 2.83. The molecular formula is C15H17N3O3S. The first-order chi connectivity index (χ1) is 10.5. The molecule has 1 aliphatic heterocycles. The van der Waals surface area contributed by atoms with Crippen LogP contribution in [0.3, 0.4) is 0 Å². The van der Waals surface area contributed by atoms with Crippen LogP contribution in [0.2, 0.25) is 0 Å². The van der Waals surface area contributed by atoms with Crippen molar-refractivity contribution in [3.63, 3.8) is 0 Å². The topological polar surface area (TPSA) is 65.4 Å². The van der Waals surface area contributed by atoms with Gasteiger partial charge in [0, 0.05) is 11.5 Å². The minimum atomic E-state index is -0.340. The molecule has 0 aliphatic carbocycles. The molecule has 1 aromatic heterocycles. The molecule has 0 bridgehead atoms. The van der Waals surface area contributed by atoms with Crippen LogP contribution in [-0.2, 0) is 4.79 Å². The second kappa shape index (κ2) is 5.24. The zero-order valence-corrected chi connectivity index (χ0v) is 13.7. The molecule has 3 rings (SSSR count). The van der Waals surface area contributed by atoms with E-state index in [4.69, 9.17) is 21.7 Å². The molecule has 2 heterocycles. The van der Waals surface area contributed by atoms with E-state index in [1.54, 1.807) is 24.9 Å². The number of carbonyl (C=O) groups excluding carboxylic acids is 1. The molecule has 1 aliphatic rings. The van der Waals surface area contributed by atoms with E-state index in [0.29, 0.717) is 27.6 Å². The molecule has 1 N–H and O–H groups in total. The number of ether oxygens (including phenoxy) is 2. The van der Waals surface area contributed by atoms with E-state index in [0.717, 1.165) is 5.39 Å². The Morgan fingerprint density at radius 3 is 2.50 bits per heavy atom. The van der Waals surface area contributed by atoms with E-state index < -0.39 is 0 Å². The summed E-state index contributed by atoms with van der Waals surface area (Å²) in [5.74, 6) is 1.88. The smallest absolute Gasteiger partial charge is 0.248 e. The van der Waals surface area contributed by atoms with Crippen molar-refractivity contribution in [3.05, 3.63) is 16.9 Å². The Hall–Kier alpha value is -2.15. The van der Waals surface area contributed by atoms with Crippen molar-refractivity contribution < 1.29 is 14.3 Å². The minimum Gasteiger partial charge on any atom is -0.493 e. The first kappa shape index (κ1) is 14.8. The van der Waals surface area contributed by atoms with Gasteiger partial charge in [-0.1, -0.05) is 13.8 Å². The highest BCUT2D eigenvalue weighted by Gasteiger charge is 2.34. The van der Waals surface area contributed by atoms with Gasteiger partial charge in [0.25, 0.3) is 0 Å². The SMILES string of the molecule is COc1cc2nc(=S)n3c(c2cc1OC)NC(=O)[C@@H]3C(C)C. The Kier molecular flexibility index (Phi) is 3.52. The van der Waals surface area contributed by atoms with E-state index in [1.165, 1.54) is 0 Å². The van der Waals surface area contributed by atoms with Crippen molar-refractivity contribution in [2.45, 2.75) is 19.9 Å². The number of aromatic nitrogens is 2. The molecule has 1 aromatic carbocycles. The molecule has 2 aromatic rings. The highest BCUT2D eigenvalue weighted by molar-refractivity contribution is 7.71. The summed E-state index contributed by atoms with van der Waals surface area (Å²) in [5.41, 5.74) is 0.665. The first-order valence-corrected chi connectivity index (χ1v) is 7.38. The van der Waals surface area contributed by atoms with Crippen molar-refractivity contribution in [1.29, 1.82) is 0 Å². The van der Waals surface area contributed by atoms with Gasteiger partial charge in [-0.05, 0) is 24.2 Å². The van der Waals surface area contributed by atoms with Gasteiger partial charge in [0.1, 0.15) is 11.9 Å². The molecule has 116 valence electrons. The summed E-state index contributed by atoms with van der Waals surface area (Å²) in [5, 5.41) is 3.70. The van der Waals surface area contributed by atoms with Crippen LogP contribution in [0.4, 0.5) is 5.82 Å². The number of benzene rings is 1. The number of hydrogen-bond donors (Lipinski definition) is 1. The molecule has 0 spiro atoms. The van der Waals surface area contributed by atoms with Crippen LogP contribution in [0, 0.1) is 10.7 Å². The van der Waals surface area contributed by atoms with Crippen molar-refractivity contribution in [1.82, 2.24) is 9.55 Å². The molecular weight excluding hydrogens is 302 g/mol. The van der Waals surface area contributed by atoms with Gasteiger partial charge in [-0.2, -0.15) is 0 Å². The van der Waals surface area contributed by atoms with E-state index in [-0.39, 0.29) is 17.9 Å². The molecule has 0 radical (unpaired) electrons. The first-order valence-electron chi connectivity index (χ1n) is 6.97. The number of nitrogens with zero attached hydrogens (tertiary/aromatic N) is 2. The number of hydrogen-bond acceptors (Lipinski definition) is 5. The zero-order chi connectivity index (χ0) is 16.0. The van der Waals surface area contributed by atoms with Gasteiger partial charge in [0.15, 0.2) is 11.5 Å². The average molecular weight is 319 g/mol. The summed E-state index contributed by atoms with van der Waals surface area (Å²) in [6.07, 6.45) is 0. The van der Waals surface area contributed by atoms with Crippen LogP contribution in [-0.4, -0.2) is 29.7 Å². The molecule has 22 heavy (non-hydrogen) atoms. The van der Waals surface area contributed by atoms with Crippen LogP contribution in [0.1, 0.15) is 19.9 Å². The summed E-state index contributed by atoms with van der Waals surface area (Å²) < 4.78 is 12.8. The van der Waals surface area contributed by atoms with Crippen LogP contribution in [0.5, 0.6) is 11.5 Å². The predicted octanol–water partition coefficient (Wildman–Crippen LogP) is 2.93. The van der Waals surface area contributed by atoms with Crippen molar-refractivity contribution in [2.75, 3.05) is 19.5 Å². The third-order valence-corrected chi connectivity index (χ3v) is 4.13. The number of rotatable bonds is 3. The molecule has 1 amide bonds. The van der Waals surface area contributed by atoms with Gasteiger partial charge in [-0.15, -0.1) is 0 Å². The fourth-order valence-corrected chi connectivity index (χ4v) is 3.13. The Labute approximate surface area is 133 Å². The quantitative estimate of drug-likeness (QED) is 0.881. The largest absolute Gasteiger partial charge is 0.493 e. The van der Waals surface area contributed by atoms with E-state index >= 15 is 0 Å². The summed E-state index contributed by atoms with van der Waals surface area (Å²) >= 11 is 5.38. The highest BCUT2D eigenvalue weighted by Crippen LogP contribution is 2.39. The normalized spacial score (nSPS) is 16.8. The van der Waals surface area contributed by atoms with Crippen LogP contribution in [0.15, 0.2) is 12.1 Å². The van der Waals surface area contributed by atoms with Gasteiger partial charge in [0.05, 0.1) is 19.7 Å². The van der Waals surface area contributed by atoms with Crippen molar-refractivity contribution in [2.24, 2.45) is 5.92 Å². The molecule has 0 saturated carbocycles. The summed E-state index contributed by atoms with van der Waals surface area (Å²) in [6.45, 7) is 3.97. The Morgan fingerprint density at radius 2 is 1.91 bits per heavy atom. The maximum absolute atomic E-state index is 12.3. The number of anilines is 1. The van der Waals surface area contributed by atoms with Gasteiger partial charge >= 0.3 is 0 Å². The second-order valence-electron chi connectivity index (χ2n) is 5.52. The van der Waals surface area contributed by atoms with E-state index in [2.05, 4.69) is 10.3 Å². The Bertz CT molecular complexity index is 829. The van der Waals surface area contributed by atoms with Gasteiger partial charge in [-0.25, -0.2) is 4.98 Å². The Balaban J connectivity index is 2.35. The van der Waals surface area contributed by atoms with Crippen LogP contribution >= 0.6 is 12.2 Å². The Morgan fingerprint density at radius 1 is 1.27 bits per heavy atom. The minimum absolute atomic E-state index is 0.0646. The molecule has 0 fully saturated rings. The standard InChI is InChI=1S/C15H17N3O3S/c1-7(2)12-14(19)17-13-8-5-10(20-3)11(21-4)6-9(8)16-15(22)18(12)13/h5-7,12H,1-4H3,(H,17,19)/t12-/m0/s1. The zero-order valence-electron chi connectivity index (χ0n) is 12.8. The lowest BCUT2D eigenvalue weighted by Gasteiger charge is -2.16. The number of fused-ring (bicyclic) bond motifs is 3. The maximum atomic E-state index is 12.3. The average Bonchev–Trinajstić information content (AvgIpc) is 2.84. The molecule has 0 saturated heterocycles. The summed E-state index contributed by atoms with van der Waals surface area (Å²) in [7, 11) is 3.14. The number of nitrogens with one attached hydrogen (secondary N) is 1. The lowest BCUT2D eigenvalue weighted by atomic mass is 10.0. The lowest BCUT2D eigenvalue weighted by molar-refractivity contribution is -0.119. The van der Waals surface area contributed by atoms with Gasteiger partial charge < -0.3 is 14.8 Å². The second-order valence-corrected chi connectivity index (χ2v) is 5.88. The number of methoxy groups -OCH3 is 2. The molecule has 0 unspecified atom stereocenters. The van der Waals surface area contributed by atoms with Gasteiger partial charge in [-0.3, -0.25) is 9.36 Å². The number of amides is 1. The summed E-state index contributed by atoms with van der Waals surface area (Å²) in [4.78, 5) is 16.7. The number of carbonyl (C=O) groups is 1. The molecule has 6 nitrogen and oxygen atoms in total. The third kappa shape index (κ3) is 2.04. The fraction of sp³-hybridized carbons (Fsp3) is 0.400. The van der Waals surface area contributed by atoms with Gasteiger partial charge in [0.2, 0.25) is 10.7 Å². The third-order valence-electron chi connectivity index (χ3n) is 3.84. The van der Waals surface area contributed by atoms with Crippen LogP contribution in [0.25, 0.3) is 10.9 Å².